The molecule has 0 aromatic heterocycles. The molecule has 4 aromatic rings. The summed E-state index contributed by atoms with van der Waals surface area (Å²) < 4.78 is 35.5. The van der Waals surface area contributed by atoms with E-state index in [0.717, 1.165) is 19.9 Å². The number of rotatable bonds is 12. The molecule has 1 atom stereocenters. The summed E-state index contributed by atoms with van der Waals surface area (Å²) in [4.78, 5) is 30.0. The standard InChI is InChI=1S/C35H38BrN3O5S/c1-35(2,3)37-34(41)32(22-26-13-7-5-8-14-26)38(24-27-15-11-16-28(36)21-27)33(40)25-39(29-17-12-18-30(23-29)44-4)45(42,43)31-19-9-6-10-20-31/h5-21,23,32H,22,24-25H2,1-4H3,(H,37,41)/t32-/m1/s1. The molecule has 10 heteroatoms. The van der Waals surface area contributed by atoms with Crippen molar-refractivity contribution in [2.45, 2.75) is 50.2 Å². The molecule has 8 nitrogen and oxygen atoms in total. The number of anilines is 1. The number of ether oxygens (including phenoxy) is 1. The van der Waals surface area contributed by atoms with E-state index in [9.17, 15) is 18.0 Å². The average molecular weight is 693 g/mol. The third-order valence-corrected chi connectivity index (χ3v) is 9.24. The lowest BCUT2D eigenvalue weighted by molar-refractivity contribution is -0.140. The molecule has 4 aromatic carbocycles. The summed E-state index contributed by atoms with van der Waals surface area (Å²) in [5, 5.41) is 3.04. The molecule has 0 bridgehead atoms. The second-order valence-electron chi connectivity index (χ2n) is 11.6. The molecule has 0 aliphatic carbocycles. The van der Waals surface area contributed by atoms with Crippen LogP contribution < -0.4 is 14.4 Å². The topological polar surface area (TPSA) is 96.0 Å². The maximum absolute atomic E-state index is 14.5. The largest absolute Gasteiger partial charge is 0.497 e. The van der Waals surface area contributed by atoms with E-state index in [0.29, 0.717) is 5.75 Å². The molecule has 0 saturated heterocycles. The van der Waals surface area contributed by atoms with Crippen LogP contribution >= 0.6 is 15.9 Å². The van der Waals surface area contributed by atoms with Crippen LogP contribution in [0.25, 0.3) is 0 Å². The van der Waals surface area contributed by atoms with Gasteiger partial charge in [0.05, 0.1) is 17.7 Å². The van der Waals surface area contributed by atoms with E-state index < -0.39 is 34.1 Å². The molecule has 236 valence electrons. The molecule has 0 radical (unpaired) electrons. The fourth-order valence-corrected chi connectivity index (χ4v) is 6.73. The number of carbonyl (C=O) groups is 2. The van der Waals surface area contributed by atoms with Crippen molar-refractivity contribution >= 4 is 43.5 Å². The predicted octanol–water partition coefficient (Wildman–Crippen LogP) is 6.21. The highest BCUT2D eigenvalue weighted by atomic mass is 79.9. The van der Waals surface area contributed by atoms with Gasteiger partial charge in [-0.05, 0) is 68.3 Å². The Balaban J connectivity index is 1.83. The van der Waals surface area contributed by atoms with Gasteiger partial charge >= 0.3 is 0 Å². The number of methoxy groups -OCH3 is 1. The highest BCUT2D eigenvalue weighted by Gasteiger charge is 2.35. The van der Waals surface area contributed by atoms with Crippen molar-refractivity contribution in [2.75, 3.05) is 18.0 Å². The maximum Gasteiger partial charge on any atom is 0.264 e. The molecule has 0 spiro atoms. The van der Waals surface area contributed by atoms with Gasteiger partial charge in [0.25, 0.3) is 10.0 Å². The molecule has 0 aliphatic heterocycles. The minimum Gasteiger partial charge on any atom is -0.497 e. The molecule has 0 aliphatic rings. The fraction of sp³-hybridized carbons (Fsp3) is 0.257. The molecule has 1 N–H and O–H groups in total. The number of carbonyl (C=O) groups excluding carboxylic acids is 2. The van der Waals surface area contributed by atoms with Gasteiger partial charge in [0.15, 0.2) is 0 Å². The lowest BCUT2D eigenvalue weighted by atomic mass is 10.0. The van der Waals surface area contributed by atoms with Gasteiger partial charge in [0, 0.05) is 29.0 Å². The van der Waals surface area contributed by atoms with Gasteiger partial charge in [-0.2, -0.15) is 0 Å². The predicted molar refractivity (Wildman–Crippen MR) is 180 cm³/mol. The highest BCUT2D eigenvalue weighted by Crippen LogP contribution is 2.28. The number of benzene rings is 4. The first-order valence-electron chi connectivity index (χ1n) is 14.5. The van der Waals surface area contributed by atoms with Crippen LogP contribution in [0.3, 0.4) is 0 Å². The number of hydrogen-bond donors (Lipinski definition) is 1. The SMILES string of the molecule is COc1cccc(N(CC(=O)N(Cc2cccc(Br)c2)[C@H](Cc2ccccc2)C(=O)NC(C)(C)C)S(=O)(=O)c2ccccc2)c1. The van der Waals surface area contributed by atoms with Crippen LogP contribution in [0.4, 0.5) is 5.69 Å². The van der Waals surface area contributed by atoms with Gasteiger partial charge in [-0.3, -0.25) is 13.9 Å². The van der Waals surface area contributed by atoms with Crippen molar-refractivity contribution in [3.63, 3.8) is 0 Å². The molecule has 45 heavy (non-hydrogen) atoms. The van der Waals surface area contributed by atoms with Crippen LogP contribution in [0.1, 0.15) is 31.9 Å². The van der Waals surface area contributed by atoms with E-state index in [4.69, 9.17) is 4.74 Å². The fourth-order valence-electron chi connectivity index (χ4n) is 4.85. The van der Waals surface area contributed by atoms with Crippen molar-refractivity contribution in [3.8, 4) is 5.75 Å². The summed E-state index contributed by atoms with van der Waals surface area (Å²) in [5.74, 6) is -0.443. The zero-order chi connectivity index (χ0) is 32.6. The molecule has 0 heterocycles. The van der Waals surface area contributed by atoms with E-state index in [1.165, 1.54) is 24.1 Å². The Labute approximate surface area is 274 Å². The van der Waals surface area contributed by atoms with Crippen LogP contribution in [0.2, 0.25) is 0 Å². The number of halogens is 1. The second-order valence-corrected chi connectivity index (χ2v) is 14.4. The summed E-state index contributed by atoms with van der Waals surface area (Å²) in [5.41, 5.74) is 1.32. The van der Waals surface area contributed by atoms with Crippen LogP contribution in [0, 0.1) is 0 Å². The van der Waals surface area contributed by atoms with E-state index in [1.54, 1.807) is 42.5 Å². The van der Waals surface area contributed by atoms with Crippen molar-refractivity contribution in [1.82, 2.24) is 10.2 Å². The van der Waals surface area contributed by atoms with E-state index in [-0.39, 0.29) is 29.5 Å². The lowest BCUT2D eigenvalue weighted by Crippen LogP contribution is -2.56. The minimum absolute atomic E-state index is 0.0328. The zero-order valence-electron chi connectivity index (χ0n) is 25.8. The molecular formula is C35H38BrN3O5S. The van der Waals surface area contributed by atoms with Crippen LogP contribution in [0.5, 0.6) is 5.75 Å². The zero-order valence-corrected chi connectivity index (χ0v) is 28.2. The Bertz CT molecular complexity index is 1710. The Morgan fingerprint density at radius 2 is 1.47 bits per heavy atom. The van der Waals surface area contributed by atoms with Gasteiger partial charge in [0.1, 0.15) is 18.3 Å². The third-order valence-electron chi connectivity index (χ3n) is 6.96. The molecule has 0 fully saturated rings. The van der Waals surface area contributed by atoms with Gasteiger partial charge in [-0.15, -0.1) is 0 Å². The molecule has 4 rings (SSSR count). The normalized spacial score (nSPS) is 12.2. The quantitative estimate of drug-likeness (QED) is 0.191. The van der Waals surface area contributed by atoms with Crippen molar-refractivity contribution in [2.24, 2.45) is 0 Å². The van der Waals surface area contributed by atoms with E-state index in [1.807, 2.05) is 75.4 Å². The number of nitrogens with zero attached hydrogens (tertiary/aromatic N) is 2. The molecule has 2 amide bonds. The lowest BCUT2D eigenvalue weighted by Gasteiger charge is -2.35. The first kappa shape index (κ1) is 33.7. The Kier molecular flexibility index (Phi) is 11.1. The smallest absolute Gasteiger partial charge is 0.264 e. The van der Waals surface area contributed by atoms with Gasteiger partial charge in [-0.1, -0.05) is 82.7 Å². The number of sulfonamides is 1. The van der Waals surface area contributed by atoms with Crippen LogP contribution in [0.15, 0.2) is 119 Å². The summed E-state index contributed by atoms with van der Waals surface area (Å²) in [6.45, 7) is 5.16. The van der Waals surface area contributed by atoms with Crippen LogP contribution in [-0.2, 0) is 32.6 Å². The third kappa shape index (κ3) is 9.18. The van der Waals surface area contributed by atoms with Gasteiger partial charge in [0.2, 0.25) is 11.8 Å². The van der Waals surface area contributed by atoms with Gasteiger partial charge in [-0.25, -0.2) is 8.42 Å². The number of nitrogens with one attached hydrogen (secondary N) is 1. The summed E-state index contributed by atoms with van der Waals surface area (Å²) in [6, 6.07) is 30.5. The molecular weight excluding hydrogens is 654 g/mol. The second kappa shape index (κ2) is 14.8. The molecule has 0 unspecified atom stereocenters. The number of hydrogen-bond acceptors (Lipinski definition) is 5. The number of amides is 2. The monoisotopic (exact) mass is 691 g/mol. The summed E-state index contributed by atoms with van der Waals surface area (Å²) >= 11 is 3.50. The first-order valence-corrected chi connectivity index (χ1v) is 16.7. The van der Waals surface area contributed by atoms with E-state index in [2.05, 4.69) is 21.2 Å². The summed E-state index contributed by atoms with van der Waals surface area (Å²) in [7, 11) is -2.71. The Hall–Kier alpha value is -4.15. The highest BCUT2D eigenvalue weighted by molar-refractivity contribution is 9.10. The Morgan fingerprint density at radius 1 is 0.844 bits per heavy atom. The Morgan fingerprint density at radius 3 is 2.09 bits per heavy atom. The van der Waals surface area contributed by atoms with E-state index >= 15 is 0 Å². The average Bonchev–Trinajstić information content (AvgIpc) is 3.01. The minimum atomic E-state index is -4.20. The van der Waals surface area contributed by atoms with Gasteiger partial charge < -0.3 is 15.0 Å². The first-order chi connectivity index (χ1) is 21.4. The van der Waals surface area contributed by atoms with Crippen molar-refractivity contribution in [1.29, 1.82) is 0 Å². The van der Waals surface area contributed by atoms with Crippen molar-refractivity contribution in [3.05, 3.63) is 125 Å². The van der Waals surface area contributed by atoms with Crippen LogP contribution in [-0.4, -0.2) is 50.4 Å². The molecule has 0 saturated carbocycles. The maximum atomic E-state index is 14.5. The summed E-state index contributed by atoms with van der Waals surface area (Å²) in [6.07, 6.45) is 0.229. The van der Waals surface area contributed by atoms with Crippen molar-refractivity contribution < 1.29 is 22.7 Å².